The summed E-state index contributed by atoms with van der Waals surface area (Å²) in [6, 6.07) is 6.62. The van der Waals surface area contributed by atoms with E-state index in [0.717, 1.165) is 18.7 Å². The molecule has 0 aromatic heterocycles. The van der Waals surface area contributed by atoms with Gasteiger partial charge in [0, 0.05) is 5.92 Å². The van der Waals surface area contributed by atoms with Crippen molar-refractivity contribution >= 4 is 0 Å². The maximum absolute atomic E-state index is 6.36. The van der Waals surface area contributed by atoms with Gasteiger partial charge < -0.3 is 10.5 Å². The van der Waals surface area contributed by atoms with Crippen molar-refractivity contribution in [1.82, 2.24) is 0 Å². The lowest BCUT2D eigenvalue weighted by Crippen LogP contribution is -2.32. The second-order valence-corrected chi connectivity index (χ2v) is 7.52. The molecule has 2 rings (SSSR count). The summed E-state index contributed by atoms with van der Waals surface area (Å²) < 4.78 is 6.36. The van der Waals surface area contributed by atoms with Gasteiger partial charge in [-0.15, -0.1) is 0 Å². The molecule has 2 nitrogen and oxygen atoms in total. The van der Waals surface area contributed by atoms with Gasteiger partial charge in [0.1, 0.15) is 11.9 Å². The smallest absolute Gasteiger partial charge is 0.122 e. The van der Waals surface area contributed by atoms with Gasteiger partial charge in [0.2, 0.25) is 0 Å². The second kappa shape index (κ2) is 6.83. The third-order valence-electron chi connectivity index (χ3n) is 4.71. The molecule has 0 amide bonds. The molecular weight excluding hydrogens is 258 g/mol. The quantitative estimate of drug-likeness (QED) is 0.827. The van der Waals surface area contributed by atoms with Gasteiger partial charge in [0.05, 0.1) is 0 Å². The highest BCUT2D eigenvalue weighted by molar-refractivity contribution is 5.38. The van der Waals surface area contributed by atoms with Crippen molar-refractivity contribution in [3.05, 3.63) is 29.3 Å². The van der Waals surface area contributed by atoms with Crippen LogP contribution in [0.4, 0.5) is 0 Å². The number of rotatable bonds is 3. The van der Waals surface area contributed by atoms with E-state index in [9.17, 15) is 0 Å². The first-order chi connectivity index (χ1) is 9.91. The molecule has 0 saturated heterocycles. The van der Waals surface area contributed by atoms with Gasteiger partial charge in [0.25, 0.3) is 0 Å². The average Bonchev–Trinajstić information content (AvgIpc) is 2.64. The predicted molar refractivity (Wildman–Crippen MR) is 89.9 cm³/mol. The number of ether oxygens (including phenoxy) is 1. The van der Waals surface area contributed by atoms with Crippen LogP contribution in [0.2, 0.25) is 0 Å². The van der Waals surface area contributed by atoms with E-state index < -0.39 is 0 Å². The molecule has 1 fully saturated rings. The van der Waals surface area contributed by atoms with Crippen molar-refractivity contribution in [3.8, 4) is 5.75 Å². The van der Waals surface area contributed by atoms with Crippen LogP contribution in [0.3, 0.4) is 0 Å². The number of aryl methyl sites for hydroxylation is 1. The van der Waals surface area contributed by atoms with Crippen LogP contribution in [-0.2, 0) is 5.41 Å². The molecule has 1 saturated carbocycles. The van der Waals surface area contributed by atoms with Crippen molar-refractivity contribution in [3.63, 3.8) is 0 Å². The lowest BCUT2D eigenvalue weighted by Gasteiger charge is -2.27. The summed E-state index contributed by atoms with van der Waals surface area (Å²) in [5.74, 6) is 1.54. The van der Waals surface area contributed by atoms with Crippen LogP contribution < -0.4 is 10.5 Å². The van der Waals surface area contributed by atoms with Gasteiger partial charge in [-0.25, -0.2) is 0 Å². The SMILES string of the molecule is Cc1cc(C(C)(C)C)ccc1OC1CCCCCC1CN. The van der Waals surface area contributed by atoms with E-state index in [4.69, 9.17) is 10.5 Å². The molecule has 0 spiro atoms. The fraction of sp³-hybridized carbons (Fsp3) is 0.684. The second-order valence-electron chi connectivity index (χ2n) is 7.52. The summed E-state index contributed by atoms with van der Waals surface area (Å²) >= 11 is 0. The highest BCUT2D eigenvalue weighted by atomic mass is 16.5. The monoisotopic (exact) mass is 289 g/mol. The van der Waals surface area contributed by atoms with Gasteiger partial charge >= 0.3 is 0 Å². The number of nitrogens with two attached hydrogens (primary N) is 1. The van der Waals surface area contributed by atoms with Crippen LogP contribution in [-0.4, -0.2) is 12.6 Å². The Labute approximate surface area is 130 Å². The van der Waals surface area contributed by atoms with Gasteiger partial charge in [-0.2, -0.15) is 0 Å². The Morgan fingerprint density at radius 1 is 1.14 bits per heavy atom. The highest BCUT2D eigenvalue weighted by Gasteiger charge is 2.25. The van der Waals surface area contributed by atoms with Gasteiger partial charge in [0.15, 0.2) is 0 Å². The molecule has 0 aliphatic heterocycles. The van der Waals surface area contributed by atoms with Crippen molar-refractivity contribution in [2.45, 2.75) is 71.3 Å². The molecule has 2 N–H and O–H groups in total. The Hall–Kier alpha value is -1.02. The normalized spacial score (nSPS) is 23.7. The molecule has 0 bridgehead atoms. The van der Waals surface area contributed by atoms with E-state index in [1.165, 1.54) is 36.8 Å². The Morgan fingerprint density at radius 2 is 1.86 bits per heavy atom. The Kier molecular flexibility index (Phi) is 5.32. The van der Waals surface area contributed by atoms with Crippen molar-refractivity contribution in [2.24, 2.45) is 11.7 Å². The minimum atomic E-state index is 0.186. The van der Waals surface area contributed by atoms with E-state index in [-0.39, 0.29) is 11.5 Å². The van der Waals surface area contributed by atoms with Crippen molar-refractivity contribution in [1.29, 1.82) is 0 Å². The first-order valence-electron chi connectivity index (χ1n) is 8.39. The third-order valence-corrected chi connectivity index (χ3v) is 4.71. The predicted octanol–water partition coefficient (Wildman–Crippen LogP) is 4.58. The molecule has 2 heteroatoms. The van der Waals surface area contributed by atoms with Crippen LogP contribution in [0.15, 0.2) is 18.2 Å². The minimum Gasteiger partial charge on any atom is -0.490 e. The van der Waals surface area contributed by atoms with E-state index in [0.29, 0.717) is 5.92 Å². The van der Waals surface area contributed by atoms with Crippen LogP contribution >= 0.6 is 0 Å². The molecular formula is C19H31NO. The Balaban J connectivity index is 2.14. The average molecular weight is 289 g/mol. The zero-order valence-electron chi connectivity index (χ0n) is 14.1. The number of hydrogen-bond donors (Lipinski definition) is 1. The van der Waals surface area contributed by atoms with Gasteiger partial charge in [-0.3, -0.25) is 0 Å². The summed E-state index contributed by atoms with van der Waals surface area (Å²) in [6.45, 7) is 9.64. The van der Waals surface area contributed by atoms with Crippen LogP contribution in [0.1, 0.15) is 64.0 Å². The molecule has 2 atom stereocenters. The molecule has 1 aromatic carbocycles. The lowest BCUT2D eigenvalue weighted by atomic mass is 9.86. The fourth-order valence-corrected chi connectivity index (χ4v) is 3.19. The lowest BCUT2D eigenvalue weighted by molar-refractivity contribution is 0.129. The summed E-state index contributed by atoms with van der Waals surface area (Å²) in [5.41, 5.74) is 8.74. The van der Waals surface area contributed by atoms with Crippen LogP contribution in [0, 0.1) is 12.8 Å². The largest absolute Gasteiger partial charge is 0.490 e. The minimum absolute atomic E-state index is 0.186. The van der Waals surface area contributed by atoms with Crippen LogP contribution in [0.25, 0.3) is 0 Å². The Morgan fingerprint density at radius 3 is 2.48 bits per heavy atom. The standard InChI is InChI=1S/C19H31NO/c1-14-12-16(19(2,3)4)10-11-17(14)21-18-9-7-5-6-8-15(18)13-20/h10-12,15,18H,5-9,13,20H2,1-4H3. The van der Waals surface area contributed by atoms with Crippen molar-refractivity contribution in [2.75, 3.05) is 6.54 Å². The van der Waals surface area contributed by atoms with E-state index in [2.05, 4.69) is 45.9 Å². The van der Waals surface area contributed by atoms with E-state index in [1.807, 2.05) is 0 Å². The van der Waals surface area contributed by atoms with Crippen LogP contribution in [0.5, 0.6) is 5.75 Å². The zero-order chi connectivity index (χ0) is 15.5. The highest BCUT2D eigenvalue weighted by Crippen LogP contribution is 2.31. The molecule has 2 unspecified atom stereocenters. The maximum Gasteiger partial charge on any atom is 0.122 e. The Bertz CT molecular complexity index is 461. The third kappa shape index (κ3) is 4.23. The zero-order valence-corrected chi connectivity index (χ0v) is 14.1. The molecule has 0 radical (unpaired) electrons. The summed E-state index contributed by atoms with van der Waals surface area (Å²) in [7, 11) is 0. The molecule has 0 heterocycles. The van der Waals surface area contributed by atoms with Gasteiger partial charge in [-0.05, 0) is 55.3 Å². The summed E-state index contributed by atoms with van der Waals surface area (Å²) in [6.07, 6.45) is 6.52. The topological polar surface area (TPSA) is 35.2 Å². The van der Waals surface area contributed by atoms with Crippen molar-refractivity contribution < 1.29 is 4.74 Å². The molecule has 21 heavy (non-hydrogen) atoms. The number of hydrogen-bond acceptors (Lipinski definition) is 2. The number of benzene rings is 1. The van der Waals surface area contributed by atoms with E-state index >= 15 is 0 Å². The fourth-order valence-electron chi connectivity index (χ4n) is 3.19. The molecule has 1 aliphatic rings. The summed E-state index contributed by atoms with van der Waals surface area (Å²) in [5, 5.41) is 0. The molecule has 118 valence electrons. The maximum atomic E-state index is 6.36. The van der Waals surface area contributed by atoms with E-state index in [1.54, 1.807) is 0 Å². The summed E-state index contributed by atoms with van der Waals surface area (Å²) in [4.78, 5) is 0. The molecule has 1 aliphatic carbocycles. The van der Waals surface area contributed by atoms with Gasteiger partial charge in [-0.1, -0.05) is 45.7 Å². The molecule has 1 aromatic rings. The first-order valence-corrected chi connectivity index (χ1v) is 8.39. The first kappa shape index (κ1) is 16.4.